The number of aliphatic hydroxyl groups is 1. The van der Waals surface area contributed by atoms with E-state index in [1.807, 2.05) is 88.0 Å². The molecule has 0 heterocycles. The lowest BCUT2D eigenvalue weighted by molar-refractivity contribution is 0.0640. The molecule has 0 radical (unpaired) electrons. The summed E-state index contributed by atoms with van der Waals surface area (Å²) in [5, 5.41) is 10.9. The van der Waals surface area contributed by atoms with Gasteiger partial charge >= 0.3 is 0 Å². The monoisotopic (exact) mass is 369 g/mol. The van der Waals surface area contributed by atoms with Crippen LogP contribution in [-0.4, -0.2) is 35.1 Å². The number of carbonyl (C=O) groups is 1. The van der Waals surface area contributed by atoms with Crippen molar-refractivity contribution in [3.8, 4) is 5.75 Å². The van der Waals surface area contributed by atoms with Gasteiger partial charge in [-0.25, -0.2) is 0 Å². The van der Waals surface area contributed by atoms with Gasteiger partial charge < -0.3 is 14.7 Å². The number of nitrogens with zero attached hydrogens (tertiary/aromatic N) is 1. The molecule has 2 aromatic rings. The van der Waals surface area contributed by atoms with Crippen molar-refractivity contribution < 1.29 is 14.6 Å². The van der Waals surface area contributed by atoms with E-state index < -0.39 is 6.10 Å². The molecule has 0 unspecified atom stereocenters. The molecule has 1 N–H and O–H groups in total. The van der Waals surface area contributed by atoms with Gasteiger partial charge in [0.05, 0.1) is 13.2 Å². The fraction of sp³-hybridized carbons (Fsp3) is 0.435. The van der Waals surface area contributed by atoms with Gasteiger partial charge in [-0.05, 0) is 57.0 Å². The average molecular weight is 370 g/mol. The smallest absolute Gasteiger partial charge is 0.254 e. The van der Waals surface area contributed by atoms with Gasteiger partial charge in [-0.2, -0.15) is 0 Å². The maximum atomic E-state index is 13.2. The predicted octanol–water partition coefficient (Wildman–Crippen LogP) is 4.79. The number of aliphatic hydroxyl groups excluding tert-OH is 1. The van der Waals surface area contributed by atoms with Crippen molar-refractivity contribution in [1.29, 1.82) is 0 Å². The molecular formula is C23H31NO3. The summed E-state index contributed by atoms with van der Waals surface area (Å²) >= 11 is 0. The van der Waals surface area contributed by atoms with Crippen LogP contribution in [0.2, 0.25) is 0 Å². The van der Waals surface area contributed by atoms with Crippen LogP contribution < -0.4 is 4.74 Å². The molecular weight excluding hydrogens is 338 g/mol. The predicted molar refractivity (Wildman–Crippen MR) is 109 cm³/mol. The summed E-state index contributed by atoms with van der Waals surface area (Å²) in [5.41, 5.74) is 2.31. The number of carbonyl (C=O) groups excluding carboxylic acids is 1. The highest BCUT2D eigenvalue weighted by Crippen LogP contribution is 2.34. The van der Waals surface area contributed by atoms with Crippen molar-refractivity contribution >= 4 is 5.91 Å². The SMILES string of the molecule is COc1ccc([C@H](O)[C@@H](C)c2ccccc2C(=O)N(C(C)C)C(C)C)cc1. The van der Waals surface area contributed by atoms with Crippen LogP contribution in [0.15, 0.2) is 48.5 Å². The van der Waals surface area contributed by atoms with Crippen molar-refractivity contribution in [2.45, 2.75) is 58.7 Å². The van der Waals surface area contributed by atoms with E-state index >= 15 is 0 Å². The molecule has 0 aliphatic heterocycles. The molecule has 0 bridgehead atoms. The van der Waals surface area contributed by atoms with E-state index in [-0.39, 0.29) is 23.9 Å². The molecule has 146 valence electrons. The summed E-state index contributed by atoms with van der Waals surface area (Å²) in [6.45, 7) is 10.1. The first kappa shape index (κ1) is 21.0. The van der Waals surface area contributed by atoms with Crippen molar-refractivity contribution in [1.82, 2.24) is 4.90 Å². The fourth-order valence-electron chi connectivity index (χ4n) is 3.55. The molecule has 2 atom stereocenters. The quantitative estimate of drug-likeness (QED) is 0.763. The Morgan fingerprint density at radius 2 is 1.48 bits per heavy atom. The summed E-state index contributed by atoms with van der Waals surface area (Å²) in [5.74, 6) is 0.530. The number of ether oxygens (including phenoxy) is 1. The van der Waals surface area contributed by atoms with E-state index in [4.69, 9.17) is 4.74 Å². The minimum absolute atomic E-state index is 0.00406. The number of hydrogen-bond acceptors (Lipinski definition) is 3. The van der Waals surface area contributed by atoms with E-state index in [2.05, 4.69) is 0 Å². The van der Waals surface area contributed by atoms with E-state index in [9.17, 15) is 9.90 Å². The van der Waals surface area contributed by atoms with Crippen molar-refractivity contribution in [3.05, 3.63) is 65.2 Å². The first-order valence-corrected chi connectivity index (χ1v) is 9.51. The highest BCUT2D eigenvalue weighted by atomic mass is 16.5. The molecule has 4 heteroatoms. The van der Waals surface area contributed by atoms with Gasteiger partial charge in [-0.1, -0.05) is 37.3 Å². The van der Waals surface area contributed by atoms with Crippen LogP contribution in [-0.2, 0) is 0 Å². The summed E-state index contributed by atoms with van der Waals surface area (Å²) in [4.78, 5) is 15.1. The van der Waals surface area contributed by atoms with Crippen LogP contribution in [0.1, 0.15) is 68.1 Å². The molecule has 0 spiro atoms. The lowest BCUT2D eigenvalue weighted by Gasteiger charge is -2.32. The van der Waals surface area contributed by atoms with Crippen LogP contribution in [0.4, 0.5) is 0 Å². The van der Waals surface area contributed by atoms with Gasteiger partial charge in [0.1, 0.15) is 5.75 Å². The Hall–Kier alpha value is -2.33. The molecule has 0 saturated carbocycles. The lowest BCUT2D eigenvalue weighted by Crippen LogP contribution is -2.42. The Kier molecular flexibility index (Phi) is 7.03. The Morgan fingerprint density at radius 3 is 2.00 bits per heavy atom. The number of rotatable bonds is 7. The second-order valence-corrected chi connectivity index (χ2v) is 7.49. The van der Waals surface area contributed by atoms with E-state index in [1.165, 1.54) is 0 Å². The van der Waals surface area contributed by atoms with Crippen LogP contribution >= 0.6 is 0 Å². The molecule has 4 nitrogen and oxygen atoms in total. The Morgan fingerprint density at radius 1 is 0.926 bits per heavy atom. The van der Waals surface area contributed by atoms with Gasteiger partial charge in [-0.15, -0.1) is 0 Å². The Bertz CT molecular complexity index is 744. The number of benzene rings is 2. The molecule has 0 aliphatic rings. The number of amides is 1. The molecule has 2 rings (SSSR count). The third-order valence-electron chi connectivity index (χ3n) is 4.96. The first-order valence-electron chi connectivity index (χ1n) is 9.51. The third-order valence-corrected chi connectivity index (χ3v) is 4.96. The number of hydrogen-bond donors (Lipinski definition) is 1. The van der Waals surface area contributed by atoms with Gasteiger partial charge in [0.25, 0.3) is 5.91 Å². The molecule has 0 saturated heterocycles. The lowest BCUT2D eigenvalue weighted by atomic mass is 9.87. The van der Waals surface area contributed by atoms with Gasteiger partial charge in [0.2, 0.25) is 0 Å². The number of methoxy groups -OCH3 is 1. The fourth-order valence-corrected chi connectivity index (χ4v) is 3.55. The molecule has 2 aromatic carbocycles. The van der Waals surface area contributed by atoms with Crippen molar-refractivity contribution in [2.75, 3.05) is 7.11 Å². The topological polar surface area (TPSA) is 49.8 Å². The minimum Gasteiger partial charge on any atom is -0.497 e. The highest BCUT2D eigenvalue weighted by molar-refractivity contribution is 5.96. The van der Waals surface area contributed by atoms with Gasteiger partial charge in [-0.3, -0.25) is 4.79 Å². The van der Waals surface area contributed by atoms with Crippen LogP contribution in [0.5, 0.6) is 5.75 Å². The van der Waals surface area contributed by atoms with Crippen LogP contribution in [0, 0.1) is 0 Å². The average Bonchev–Trinajstić information content (AvgIpc) is 2.66. The highest BCUT2D eigenvalue weighted by Gasteiger charge is 2.27. The van der Waals surface area contributed by atoms with Crippen molar-refractivity contribution in [2.24, 2.45) is 0 Å². The molecule has 27 heavy (non-hydrogen) atoms. The van der Waals surface area contributed by atoms with Crippen molar-refractivity contribution in [3.63, 3.8) is 0 Å². The van der Waals surface area contributed by atoms with E-state index in [0.717, 1.165) is 16.9 Å². The maximum absolute atomic E-state index is 13.2. The maximum Gasteiger partial charge on any atom is 0.254 e. The third kappa shape index (κ3) is 4.69. The van der Waals surface area contributed by atoms with Gasteiger partial charge in [0, 0.05) is 23.6 Å². The second-order valence-electron chi connectivity index (χ2n) is 7.49. The van der Waals surface area contributed by atoms with Gasteiger partial charge in [0.15, 0.2) is 0 Å². The minimum atomic E-state index is -0.712. The molecule has 1 amide bonds. The van der Waals surface area contributed by atoms with Crippen LogP contribution in [0.25, 0.3) is 0 Å². The van der Waals surface area contributed by atoms with E-state index in [0.29, 0.717) is 5.56 Å². The molecule has 0 fully saturated rings. The summed E-state index contributed by atoms with van der Waals surface area (Å²) in [6.07, 6.45) is -0.712. The zero-order valence-electron chi connectivity index (χ0n) is 17.1. The zero-order chi connectivity index (χ0) is 20.1. The largest absolute Gasteiger partial charge is 0.497 e. The summed E-state index contributed by atoms with van der Waals surface area (Å²) in [7, 11) is 1.62. The molecule has 0 aliphatic carbocycles. The molecule has 0 aromatic heterocycles. The normalized spacial score (nSPS) is 13.5. The Labute approximate surface area is 162 Å². The van der Waals surface area contributed by atoms with Crippen LogP contribution in [0.3, 0.4) is 0 Å². The zero-order valence-corrected chi connectivity index (χ0v) is 17.1. The first-order chi connectivity index (χ1) is 12.8. The Balaban J connectivity index is 2.36. The summed E-state index contributed by atoms with van der Waals surface area (Å²) < 4.78 is 5.18. The second kappa shape index (κ2) is 9.05. The van der Waals surface area contributed by atoms with E-state index in [1.54, 1.807) is 7.11 Å². The summed E-state index contributed by atoms with van der Waals surface area (Å²) in [6, 6.07) is 15.2. The standard InChI is InChI=1S/C23H31NO3/c1-15(2)24(16(3)4)23(26)21-10-8-7-9-20(21)17(5)22(25)18-11-13-19(27-6)14-12-18/h7-17,22,25H,1-6H3/t17-,22+/m0/s1.